The first kappa shape index (κ1) is 10.8. The zero-order chi connectivity index (χ0) is 11.8. The topological polar surface area (TPSA) is 29.5 Å². The van der Waals surface area contributed by atoms with Gasteiger partial charge >= 0.3 is 0 Å². The van der Waals surface area contributed by atoms with E-state index in [1.54, 1.807) is 0 Å². The summed E-state index contributed by atoms with van der Waals surface area (Å²) in [5, 5.41) is 10.4. The Labute approximate surface area is 108 Å². The summed E-state index contributed by atoms with van der Waals surface area (Å²) >= 11 is 3.45. The van der Waals surface area contributed by atoms with Gasteiger partial charge in [-0.1, -0.05) is 36.4 Å². The maximum atomic E-state index is 10.4. The van der Waals surface area contributed by atoms with Crippen molar-refractivity contribution in [2.75, 3.05) is 0 Å². The summed E-state index contributed by atoms with van der Waals surface area (Å²) in [5.41, 5.74) is 2.76. The highest BCUT2D eigenvalue weighted by Gasteiger charge is 2.23. The zero-order valence-corrected chi connectivity index (χ0v) is 10.6. The summed E-state index contributed by atoms with van der Waals surface area (Å²) in [5.74, 6) is 0.733. The lowest BCUT2D eigenvalue weighted by atomic mass is 9.98. The van der Waals surface area contributed by atoms with Crippen molar-refractivity contribution in [2.24, 2.45) is 0 Å². The van der Waals surface area contributed by atoms with Crippen LogP contribution in [-0.4, -0.2) is 5.11 Å². The van der Waals surface area contributed by atoms with Crippen molar-refractivity contribution in [1.82, 2.24) is 0 Å². The highest BCUT2D eigenvalue weighted by Crippen LogP contribution is 2.39. The van der Waals surface area contributed by atoms with Crippen LogP contribution in [0.25, 0.3) is 0 Å². The number of hydrogen-bond acceptors (Lipinski definition) is 2. The van der Waals surface area contributed by atoms with Crippen molar-refractivity contribution in [3.63, 3.8) is 0 Å². The third kappa shape index (κ3) is 1.75. The molecule has 0 saturated heterocycles. The molecule has 1 aliphatic rings. The van der Waals surface area contributed by atoms with Gasteiger partial charge in [0.2, 0.25) is 0 Å². The predicted octanol–water partition coefficient (Wildman–Crippen LogP) is 3.42. The molecule has 86 valence electrons. The molecule has 0 amide bonds. The molecule has 17 heavy (non-hydrogen) atoms. The molecule has 0 spiro atoms. The molecule has 2 aromatic rings. The first-order valence-corrected chi connectivity index (χ1v) is 6.24. The van der Waals surface area contributed by atoms with E-state index in [1.807, 2.05) is 42.5 Å². The van der Waals surface area contributed by atoms with Crippen molar-refractivity contribution in [3.05, 3.63) is 63.6 Å². The average molecular weight is 291 g/mol. The van der Waals surface area contributed by atoms with Crippen molar-refractivity contribution in [2.45, 2.75) is 12.7 Å². The van der Waals surface area contributed by atoms with Gasteiger partial charge in [0.05, 0.1) is 4.47 Å². The maximum absolute atomic E-state index is 10.4. The van der Waals surface area contributed by atoms with Gasteiger partial charge in [-0.2, -0.15) is 0 Å². The first-order valence-electron chi connectivity index (χ1n) is 5.44. The van der Waals surface area contributed by atoms with Crippen LogP contribution in [0.4, 0.5) is 0 Å². The van der Waals surface area contributed by atoms with Gasteiger partial charge in [-0.3, -0.25) is 0 Å². The van der Waals surface area contributed by atoms with Gasteiger partial charge in [-0.25, -0.2) is 0 Å². The van der Waals surface area contributed by atoms with E-state index in [1.165, 1.54) is 0 Å². The van der Waals surface area contributed by atoms with Gasteiger partial charge in [0, 0.05) is 5.56 Å². The van der Waals surface area contributed by atoms with Gasteiger partial charge in [0.25, 0.3) is 0 Å². The van der Waals surface area contributed by atoms with Gasteiger partial charge in [0.1, 0.15) is 18.5 Å². The fraction of sp³-hybridized carbons (Fsp3) is 0.143. The smallest absolute Gasteiger partial charge is 0.140 e. The molecule has 2 aromatic carbocycles. The number of aliphatic hydroxyl groups is 1. The summed E-state index contributed by atoms with van der Waals surface area (Å²) in [7, 11) is 0. The Hall–Kier alpha value is -1.32. The second kappa shape index (κ2) is 4.17. The molecule has 3 heteroatoms. The zero-order valence-electron chi connectivity index (χ0n) is 9.06. The number of aliphatic hydroxyl groups excluding tert-OH is 1. The first-order chi connectivity index (χ1) is 8.27. The van der Waals surface area contributed by atoms with Crippen molar-refractivity contribution >= 4 is 15.9 Å². The molecule has 0 saturated carbocycles. The standard InChI is InChI=1S/C14H11BrO2/c15-12-7-3-6-11-13(16)10-5-2-1-4-9(10)8-17-14(11)12/h1-7,13,16H,8H2. The van der Waals surface area contributed by atoms with E-state index in [4.69, 9.17) is 4.74 Å². The Balaban J connectivity index is 2.20. The second-order valence-electron chi connectivity index (χ2n) is 4.05. The molecule has 1 unspecified atom stereocenters. The highest BCUT2D eigenvalue weighted by atomic mass is 79.9. The normalized spacial score (nSPS) is 17.6. The minimum absolute atomic E-state index is 0.489. The van der Waals surface area contributed by atoms with E-state index < -0.39 is 6.10 Å². The summed E-state index contributed by atoms with van der Waals surface area (Å²) in [6.45, 7) is 0.489. The minimum atomic E-state index is -0.624. The van der Waals surface area contributed by atoms with Crippen LogP contribution < -0.4 is 4.74 Å². The van der Waals surface area contributed by atoms with E-state index in [0.29, 0.717) is 6.61 Å². The van der Waals surface area contributed by atoms with Crippen molar-refractivity contribution in [3.8, 4) is 5.75 Å². The Kier molecular flexibility index (Phi) is 2.65. The lowest BCUT2D eigenvalue weighted by Gasteiger charge is -2.13. The van der Waals surface area contributed by atoms with Gasteiger partial charge in [0.15, 0.2) is 0 Å². The summed E-state index contributed by atoms with van der Waals surface area (Å²) < 4.78 is 6.65. The lowest BCUT2D eigenvalue weighted by molar-refractivity contribution is 0.218. The molecular weight excluding hydrogens is 280 g/mol. The Morgan fingerprint density at radius 3 is 2.71 bits per heavy atom. The molecule has 0 aromatic heterocycles. The summed E-state index contributed by atoms with van der Waals surface area (Å²) in [6.07, 6.45) is -0.624. The number of benzene rings is 2. The second-order valence-corrected chi connectivity index (χ2v) is 4.90. The Morgan fingerprint density at radius 1 is 1.06 bits per heavy atom. The van der Waals surface area contributed by atoms with E-state index in [0.717, 1.165) is 26.9 Å². The maximum Gasteiger partial charge on any atom is 0.140 e. The van der Waals surface area contributed by atoms with Crippen molar-refractivity contribution in [1.29, 1.82) is 0 Å². The molecule has 3 rings (SSSR count). The number of rotatable bonds is 0. The number of halogens is 1. The fourth-order valence-electron chi connectivity index (χ4n) is 2.14. The van der Waals surface area contributed by atoms with Crippen molar-refractivity contribution < 1.29 is 9.84 Å². The molecule has 0 aliphatic carbocycles. The van der Waals surface area contributed by atoms with Crippen LogP contribution in [0.2, 0.25) is 0 Å². The summed E-state index contributed by atoms with van der Waals surface area (Å²) in [6, 6.07) is 13.5. The monoisotopic (exact) mass is 290 g/mol. The molecule has 1 heterocycles. The molecule has 1 atom stereocenters. The Morgan fingerprint density at radius 2 is 1.82 bits per heavy atom. The third-order valence-corrected chi connectivity index (χ3v) is 3.64. The molecule has 1 aliphatic heterocycles. The van der Waals surface area contributed by atoms with E-state index >= 15 is 0 Å². The highest BCUT2D eigenvalue weighted by molar-refractivity contribution is 9.10. The largest absolute Gasteiger partial charge is 0.487 e. The van der Waals surface area contributed by atoms with Gasteiger partial charge < -0.3 is 9.84 Å². The van der Waals surface area contributed by atoms with Crippen LogP contribution in [0.15, 0.2) is 46.9 Å². The van der Waals surface area contributed by atoms with Crippen LogP contribution in [0.3, 0.4) is 0 Å². The van der Waals surface area contributed by atoms with Gasteiger partial charge in [-0.15, -0.1) is 0 Å². The molecular formula is C14H11BrO2. The van der Waals surface area contributed by atoms with Crippen LogP contribution in [0, 0.1) is 0 Å². The quantitative estimate of drug-likeness (QED) is 0.806. The fourth-order valence-corrected chi connectivity index (χ4v) is 2.64. The van der Waals surface area contributed by atoms with E-state index in [-0.39, 0.29) is 0 Å². The van der Waals surface area contributed by atoms with Crippen LogP contribution >= 0.6 is 15.9 Å². The van der Waals surface area contributed by atoms with E-state index in [9.17, 15) is 5.11 Å². The van der Waals surface area contributed by atoms with Crippen LogP contribution in [-0.2, 0) is 6.61 Å². The molecule has 1 N–H and O–H groups in total. The number of ether oxygens (including phenoxy) is 1. The molecule has 2 nitrogen and oxygen atoms in total. The van der Waals surface area contributed by atoms with E-state index in [2.05, 4.69) is 15.9 Å². The molecule has 0 bridgehead atoms. The minimum Gasteiger partial charge on any atom is -0.487 e. The summed E-state index contributed by atoms with van der Waals surface area (Å²) in [4.78, 5) is 0. The SMILES string of the molecule is OC1c2ccccc2COc2c(Br)cccc21. The average Bonchev–Trinajstić information content (AvgIpc) is 2.50. The lowest BCUT2D eigenvalue weighted by Crippen LogP contribution is -2.00. The molecule has 0 fully saturated rings. The third-order valence-electron chi connectivity index (χ3n) is 3.01. The number of para-hydroxylation sites is 1. The molecule has 0 radical (unpaired) electrons. The number of hydrogen-bond donors (Lipinski definition) is 1. The van der Waals surface area contributed by atoms with Gasteiger partial charge in [-0.05, 0) is 33.1 Å². The Bertz CT molecular complexity index is 566. The van der Waals surface area contributed by atoms with Crippen LogP contribution in [0.5, 0.6) is 5.75 Å². The predicted molar refractivity (Wildman–Crippen MR) is 69.0 cm³/mol. The van der Waals surface area contributed by atoms with Crippen LogP contribution in [0.1, 0.15) is 22.8 Å². The number of fused-ring (bicyclic) bond motifs is 2.